The minimum atomic E-state index is -0.601. The summed E-state index contributed by atoms with van der Waals surface area (Å²) in [5.74, 6) is -0.686. The van der Waals surface area contributed by atoms with Crippen molar-refractivity contribution in [1.82, 2.24) is 25.4 Å². The van der Waals surface area contributed by atoms with E-state index in [1.807, 2.05) is 6.08 Å². The number of halogens is 1. The number of nitrogens with one attached hydrogen (secondary N) is 1. The van der Waals surface area contributed by atoms with Crippen LogP contribution in [0.1, 0.15) is 49.4 Å². The average Bonchev–Trinajstić information content (AvgIpc) is 3.57. The van der Waals surface area contributed by atoms with Crippen LogP contribution in [0.5, 0.6) is 0 Å². The Balaban J connectivity index is 1.50. The highest BCUT2D eigenvalue weighted by molar-refractivity contribution is 7.81. The number of hydrogen-bond acceptors (Lipinski definition) is 7. The zero-order valence-corrected chi connectivity index (χ0v) is 19.1. The van der Waals surface area contributed by atoms with Crippen molar-refractivity contribution in [3.63, 3.8) is 0 Å². The van der Waals surface area contributed by atoms with E-state index in [2.05, 4.69) is 15.2 Å². The van der Waals surface area contributed by atoms with Crippen molar-refractivity contribution in [2.45, 2.75) is 49.9 Å². The summed E-state index contributed by atoms with van der Waals surface area (Å²) in [7, 11) is 0. The third kappa shape index (κ3) is 5.87. The Bertz CT molecular complexity index is 1040. The maximum absolute atomic E-state index is 14.7. The van der Waals surface area contributed by atoms with Gasteiger partial charge < -0.3 is 0 Å². The molecule has 1 amide bonds. The molecule has 1 saturated carbocycles. The van der Waals surface area contributed by atoms with Gasteiger partial charge in [0, 0.05) is 42.8 Å². The summed E-state index contributed by atoms with van der Waals surface area (Å²) in [6.45, 7) is 1.64. The molecule has 176 valence electrons. The Kier molecular flexibility index (Phi) is 7.56. The van der Waals surface area contributed by atoms with Gasteiger partial charge in [-0.15, -0.1) is 5.10 Å². The van der Waals surface area contributed by atoms with Gasteiger partial charge in [-0.2, -0.15) is 12.6 Å². The second-order valence-corrected chi connectivity index (χ2v) is 9.26. The molecule has 2 fully saturated rings. The number of amides is 1. The van der Waals surface area contributed by atoms with Crippen LogP contribution in [0.25, 0.3) is 6.08 Å². The van der Waals surface area contributed by atoms with Crippen LogP contribution >= 0.6 is 12.6 Å². The van der Waals surface area contributed by atoms with Crippen LogP contribution in [0.15, 0.2) is 36.0 Å². The number of carbonyl (C=O) groups excluding carboxylic acids is 2. The van der Waals surface area contributed by atoms with Gasteiger partial charge >= 0.3 is 0 Å². The number of hydrogen-bond donors (Lipinski definition) is 3. The molecule has 2 heterocycles. The molecule has 10 heteroatoms. The lowest BCUT2D eigenvalue weighted by atomic mass is 9.93. The van der Waals surface area contributed by atoms with Crippen LogP contribution < -0.4 is 5.48 Å². The molecule has 2 aliphatic rings. The first-order valence-electron chi connectivity index (χ1n) is 11.2. The van der Waals surface area contributed by atoms with Gasteiger partial charge in [0.25, 0.3) is 0 Å². The van der Waals surface area contributed by atoms with E-state index in [-0.39, 0.29) is 29.2 Å². The molecule has 2 unspecified atom stereocenters. The summed E-state index contributed by atoms with van der Waals surface area (Å²) in [6, 6.07) is 5.93. The Labute approximate surface area is 197 Å². The Hall–Kier alpha value is -2.56. The van der Waals surface area contributed by atoms with E-state index in [4.69, 9.17) is 17.8 Å². The van der Waals surface area contributed by atoms with Crippen molar-refractivity contribution < 1.29 is 19.2 Å². The second-order valence-electron chi connectivity index (χ2n) is 8.64. The molecular formula is C23H28FN5O3S. The Morgan fingerprint density at radius 3 is 2.82 bits per heavy atom. The normalized spacial score (nSPS) is 21.2. The molecule has 0 spiro atoms. The minimum absolute atomic E-state index is 0.0111. The number of nitrogens with zero attached hydrogens (tertiary/aromatic N) is 4. The first kappa shape index (κ1) is 23.6. The highest BCUT2D eigenvalue weighted by Gasteiger charge is 2.40. The monoisotopic (exact) mass is 473 g/mol. The second kappa shape index (κ2) is 10.6. The molecule has 0 bridgehead atoms. The standard InChI is InChI=1S/C23H28FN5O3S/c24-19-5-2-1-4-18(19)22(23(31)15-7-8-15)28-11-9-20(33)16(13-28)12-17-14-29(27-25-17)10-3-6-21(30)26-32/h1-2,4-5,12,14-15,20,22,32-33H,3,6-11,13H2,(H,26,30)/b16-12-. The fourth-order valence-corrected chi connectivity index (χ4v) is 4.48. The van der Waals surface area contributed by atoms with Crippen molar-refractivity contribution in [2.24, 2.45) is 5.92 Å². The molecule has 2 aromatic rings. The molecule has 33 heavy (non-hydrogen) atoms. The summed E-state index contributed by atoms with van der Waals surface area (Å²) >= 11 is 4.73. The number of carbonyl (C=O) groups is 2. The number of aryl methyl sites for hydroxylation is 1. The van der Waals surface area contributed by atoms with Crippen molar-refractivity contribution in [3.8, 4) is 0 Å². The van der Waals surface area contributed by atoms with E-state index in [9.17, 15) is 14.0 Å². The van der Waals surface area contributed by atoms with Crippen LogP contribution in [-0.2, 0) is 16.1 Å². The van der Waals surface area contributed by atoms with Gasteiger partial charge in [0.05, 0.1) is 12.2 Å². The van der Waals surface area contributed by atoms with Gasteiger partial charge in [-0.25, -0.2) is 9.87 Å². The number of piperidine rings is 1. The van der Waals surface area contributed by atoms with E-state index >= 15 is 0 Å². The van der Waals surface area contributed by atoms with Crippen LogP contribution in [0.4, 0.5) is 4.39 Å². The molecular weight excluding hydrogens is 445 g/mol. The third-order valence-electron chi connectivity index (χ3n) is 6.12. The zero-order valence-electron chi connectivity index (χ0n) is 18.2. The molecule has 1 saturated heterocycles. The summed E-state index contributed by atoms with van der Waals surface area (Å²) in [4.78, 5) is 26.3. The van der Waals surface area contributed by atoms with Crippen molar-refractivity contribution >= 4 is 30.4 Å². The third-order valence-corrected chi connectivity index (χ3v) is 6.71. The lowest BCUT2D eigenvalue weighted by Crippen LogP contribution is -2.42. The molecule has 1 aromatic carbocycles. The Morgan fingerprint density at radius 2 is 2.09 bits per heavy atom. The van der Waals surface area contributed by atoms with Crippen LogP contribution in [-0.4, -0.2) is 55.1 Å². The molecule has 1 aliphatic heterocycles. The quantitative estimate of drug-likeness (QED) is 0.294. The molecule has 4 rings (SSSR count). The van der Waals surface area contributed by atoms with Crippen molar-refractivity contribution in [3.05, 3.63) is 53.1 Å². The molecule has 1 aliphatic carbocycles. The maximum atomic E-state index is 14.7. The van der Waals surface area contributed by atoms with Gasteiger partial charge in [-0.05, 0) is 43.4 Å². The Morgan fingerprint density at radius 1 is 1.30 bits per heavy atom. The number of Topliss-reactive ketones (excluding diaryl/α,β-unsaturated/α-hetero) is 1. The number of likely N-dealkylation sites (tertiary alicyclic amines) is 1. The van der Waals surface area contributed by atoms with Gasteiger partial charge in [0.15, 0.2) is 5.78 Å². The summed E-state index contributed by atoms with van der Waals surface area (Å²) in [5, 5.41) is 16.8. The highest BCUT2D eigenvalue weighted by atomic mass is 32.1. The van der Waals surface area contributed by atoms with E-state index in [0.29, 0.717) is 37.3 Å². The first-order chi connectivity index (χ1) is 16.0. The molecule has 2 N–H and O–H groups in total. The molecule has 1 aromatic heterocycles. The van der Waals surface area contributed by atoms with Crippen LogP contribution in [0.2, 0.25) is 0 Å². The first-order valence-corrected chi connectivity index (χ1v) is 11.7. The minimum Gasteiger partial charge on any atom is -0.297 e. The van der Waals surface area contributed by atoms with E-state index < -0.39 is 11.9 Å². The van der Waals surface area contributed by atoms with Gasteiger partial charge in [0.1, 0.15) is 11.5 Å². The number of hydroxylamine groups is 1. The number of thiol groups is 1. The van der Waals surface area contributed by atoms with Gasteiger partial charge in [-0.3, -0.25) is 24.4 Å². The summed E-state index contributed by atoms with van der Waals surface area (Å²) in [5.41, 5.74) is 3.70. The predicted molar refractivity (Wildman–Crippen MR) is 123 cm³/mol. The van der Waals surface area contributed by atoms with Crippen LogP contribution in [0.3, 0.4) is 0 Å². The highest BCUT2D eigenvalue weighted by Crippen LogP contribution is 2.39. The lowest BCUT2D eigenvalue weighted by molar-refractivity contribution is -0.129. The maximum Gasteiger partial charge on any atom is 0.243 e. The lowest BCUT2D eigenvalue weighted by Gasteiger charge is -2.37. The fourth-order valence-electron chi connectivity index (χ4n) is 4.21. The van der Waals surface area contributed by atoms with E-state index in [1.165, 1.54) is 6.07 Å². The fraction of sp³-hybridized carbons (Fsp3) is 0.478. The number of benzene rings is 1. The van der Waals surface area contributed by atoms with Gasteiger partial charge in [-0.1, -0.05) is 23.4 Å². The zero-order chi connectivity index (χ0) is 23.4. The van der Waals surface area contributed by atoms with Gasteiger partial charge in [0.2, 0.25) is 5.91 Å². The van der Waals surface area contributed by atoms with E-state index in [1.54, 1.807) is 34.6 Å². The SMILES string of the molecule is O=C(CCCn1cc(/C=C2/CN(C(C(=O)C3CC3)c3ccccc3F)CCC2S)nn1)NO. The average molecular weight is 474 g/mol. The summed E-state index contributed by atoms with van der Waals surface area (Å²) in [6.07, 6.45) is 6.90. The largest absolute Gasteiger partial charge is 0.297 e. The van der Waals surface area contributed by atoms with E-state index in [0.717, 1.165) is 24.8 Å². The van der Waals surface area contributed by atoms with Crippen molar-refractivity contribution in [2.75, 3.05) is 13.1 Å². The number of ketones is 1. The molecule has 0 radical (unpaired) electrons. The summed E-state index contributed by atoms with van der Waals surface area (Å²) < 4.78 is 16.3. The smallest absolute Gasteiger partial charge is 0.243 e. The predicted octanol–water partition coefficient (Wildman–Crippen LogP) is 2.81. The molecule has 2 atom stereocenters. The number of rotatable bonds is 9. The van der Waals surface area contributed by atoms with Crippen molar-refractivity contribution in [1.29, 1.82) is 0 Å². The number of aromatic nitrogens is 3. The topological polar surface area (TPSA) is 100 Å². The van der Waals surface area contributed by atoms with Crippen LogP contribution in [0, 0.1) is 11.7 Å². The molecule has 8 nitrogen and oxygen atoms in total.